The summed E-state index contributed by atoms with van der Waals surface area (Å²) in [4.78, 5) is 41.4. The minimum atomic E-state index is -0.879. The molecule has 0 radical (unpaired) electrons. The predicted molar refractivity (Wildman–Crippen MR) is 199 cm³/mol. The third-order valence-electron chi connectivity index (χ3n) is 12.7. The van der Waals surface area contributed by atoms with E-state index < -0.39 is 24.2 Å². The zero-order valence-electron chi connectivity index (χ0n) is 31.5. The van der Waals surface area contributed by atoms with Crippen LogP contribution in [0.4, 0.5) is 5.69 Å². The summed E-state index contributed by atoms with van der Waals surface area (Å²) in [5.41, 5.74) is 14.8. The van der Waals surface area contributed by atoms with E-state index in [4.69, 9.17) is 10.4 Å². The molecule has 3 N–H and O–H groups in total. The van der Waals surface area contributed by atoms with Crippen LogP contribution in [0.2, 0.25) is 0 Å². The number of nitrogens with zero attached hydrogens (tertiary/aromatic N) is 6. The second-order valence-corrected chi connectivity index (χ2v) is 16.4. The van der Waals surface area contributed by atoms with Gasteiger partial charge in [-0.05, 0) is 116 Å². The Balaban J connectivity index is 1.28. The number of hydrogen-bond acceptors (Lipinski definition) is 8. The minimum Gasteiger partial charge on any atom is -0.393 e. The van der Waals surface area contributed by atoms with Crippen LogP contribution in [0, 0.1) is 36.0 Å². The number of benzene rings is 2. The number of aliphatic hydroxyl groups is 1. The molecule has 12 heteroatoms. The van der Waals surface area contributed by atoms with Crippen molar-refractivity contribution in [2.75, 3.05) is 45.7 Å². The van der Waals surface area contributed by atoms with Crippen molar-refractivity contribution < 1.29 is 19.5 Å². The van der Waals surface area contributed by atoms with Crippen molar-refractivity contribution in [2.24, 2.45) is 34.2 Å². The highest BCUT2D eigenvalue weighted by molar-refractivity contribution is 5.97. The number of carbonyl (C=O) groups excluding carboxylic acids is 2. The number of rotatable bonds is 11. The van der Waals surface area contributed by atoms with Gasteiger partial charge in [0.25, 0.3) is 5.91 Å². The number of nitrogens with one attached hydrogen (secondary N) is 2. The maximum Gasteiger partial charge on any atom is 0.251 e. The lowest BCUT2D eigenvalue weighted by molar-refractivity contribution is -0.175. The smallest absolute Gasteiger partial charge is 0.251 e. The lowest BCUT2D eigenvalue weighted by Gasteiger charge is -2.62. The summed E-state index contributed by atoms with van der Waals surface area (Å²) in [6.07, 6.45) is 1.54. The zero-order chi connectivity index (χ0) is 36.8. The number of likely N-dealkylation sites (N-methyl/N-ethyl adjacent to an activating group) is 1. The molecule has 2 saturated heterocycles. The summed E-state index contributed by atoms with van der Waals surface area (Å²) >= 11 is 0. The van der Waals surface area contributed by atoms with E-state index in [1.807, 2.05) is 50.2 Å². The molecular weight excluding hydrogens is 644 g/mol. The minimum absolute atomic E-state index is 0.00283. The molecule has 0 aromatic heterocycles. The predicted octanol–water partition coefficient (Wildman–Crippen LogP) is 5.14. The number of aliphatic hydroxyl groups excluding tert-OH is 1. The molecule has 2 amide bonds. The Morgan fingerprint density at radius 1 is 1.20 bits per heavy atom. The maximum atomic E-state index is 14.3. The molecule has 5 aliphatic rings. The summed E-state index contributed by atoms with van der Waals surface area (Å²) in [6, 6.07) is 11.4. The van der Waals surface area contributed by atoms with E-state index in [1.165, 1.54) is 6.42 Å². The molecular formula is C39H56N8O4. The lowest BCUT2D eigenvalue weighted by atomic mass is 9.45. The first-order chi connectivity index (χ1) is 24.2. The lowest BCUT2D eigenvalue weighted by Crippen LogP contribution is -2.62. The van der Waals surface area contributed by atoms with Gasteiger partial charge in [-0.2, -0.15) is 5.06 Å². The van der Waals surface area contributed by atoms with Gasteiger partial charge >= 0.3 is 0 Å². The van der Waals surface area contributed by atoms with Gasteiger partial charge in [0.1, 0.15) is 6.04 Å². The number of carbonyl (C=O) groups is 2. The van der Waals surface area contributed by atoms with Gasteiger partial charge in [0.05, 0.1) is 25.3 Å². The molecule has 276 valence electrons. The van der Waals surface area contributed by atoms with E-state index in [-0.39, 0.29) is 42.4 Å². The van der Waals surface area contributed by atoms with Crippen LogP contribution in [0.1, 0.15) is 68.4 Å². The Bertz CT molecular complexity index is 1670. The number of amides is 2. The van der Waals surface area contributed by atoms with E-state index in [0.717, 1.165) is 53.9 Å². The fourth-order valence-electron chi connectivity index (χ4n) is 9.41. The van der Waals surface area contributed by atoms with Gasteiger partial charge in [-0.25, -0.2) is 0 Å². The topological polar surface area (TPSA) is 146 Å². The van der Waals surface area contributed by atoms with Gasteiger partial charge < -0.3 is 25.5 Å². The van der Waals surface area contributed by atoms with Gasteiger partial charge in [-0.15, -0.1) is 0 Å². The summed E-state index contributed by atoms with van der Waals surface area (Å²) in [5.74, 6) is 0.639. The largest absolute Gasteiger partial charge is 0.393 e. The van der Waals surface area contributed by atoms with Crippen LogP contribution in [-0.2, 0) is 16.2 Å². The van der Waals surface area contributed by atoms with Crippen molar-refractivity contribution in [1.29, 1.82) is 0 Å². The summed E-state index contributed by atoms with van der Waals surface area (Å²) in [7, 11) is 6.00. The Kier molecular flexibility index (Phi) is 10.7. The number of anilines is 1. The molecule has 2 heterocycles. The molecule has 2 aromatic rings. The molecule has 0 unspecified atom stereocenters. The van der Waals surface area contributed by atoms with Crippen molar-refractivity contribution in [3.8, 4) is 11.1 Å². The first kappa shape index (κ1) is 37.1. The second-order valence-electron chi connectivity index (χ2n) is 16.4. The highest BCUT2D eigenvalue weighted by atomic mass is 16.7. The average molecular weight is 701 g/mol. The van der Waals surface area contributed by atoms with Crippen LogP contribution in [0.5, 0.6) is 0 Å². The Morgan fingerprint density at radius 3 is 2.59 bits per heavy atom. The van der Waals surface area contributed by atoms with Crippen molar-refractivity contribution in [1.82, 2.24) is 20.6 Å². The van der Waals surface area contributed by atoms with Crippen LogP contribution >= 0.6 is 0 Å². The van der Waals surface area contributed by atoms with Gasteiger partial charge in [0.2, 0.25) is 5.91 Å². The molecule has 9 atom stereocenters. The standard InChI is InChI=1S/C39H56N8O4/c1-22-25(10-9-11-31(22)26-14-27(16-30(15-26)45(6)7)37(49)42-29-12-13-46(8)21-29)20-47-36(35(24(3)48)34(51-47)19-41-44-40)38(50)43-33-18-28-17-32(23(33)2)39(28,4)5/h9-11,14-16,23-24,28-29,32-36,48H,12-13,17-21H2,1-8H3,(H,42,49)(H,43,50)/t23-,24-,28-,29+,32+,33-,34-,35+,36-/m0/s1. The molecule has 2 bridgehead atoms. The number of fused-ring (bicyclic) bond motifs is 2. The van der Waals surface area contributed by atoms with E-state index in [2.05, 4.69) is 65.5 Å². The van der Waals surface area contributed by atoms with Crippen LogP contribution in [0.15, 0.2) is 41.5 Å². The molecule has 7 rings (SSSR count). The average Bonchev–Trinajstić information content (AvgIpc) is 3.67. The quantitative estimate of drug-likeness (QED) is 0.167. The number of azide groups is 1. The van der Waals surface area contributed by atoms with Crippen LogP contribution in [0.3, 0.4) is 0 Å². The fraction of sp³-hybridized carbons (Fsp3) is 0.641. The summed E-state index contributed by atoms with van der Waals surface area (Å²) in [6.45, 7) is 12.7. The summed E-state index contributed by atoms with van der Waals surface area (Å²) in [5, 5.41) is 23.1. The third-order valence-corrected chi connectivity index (χ3v) is 12.7. The van der Waals surface area contributed by atoms with Gasteiger partial charge in [0, 0.05) is 54.8 Å². The highest BCUT2D eigenvalue weighted by Crippen LogP contribution is 2.61. The van der Waals surface area contributed by atoms with Crippen molar-refractivity contribution in [2.45, 2.75) is 90.8 Å². The number of hydroxylamine groups is 2. The molecule has 2 aromatic carbocycles. The molecule has 51 heavy (non-hydrogen) atoms. The first-order valence-electron chi connectivity index (χ1n) is 18.5. The van der Waals surface area contributed by atoms with Crippen molar-refractivity contribution >= 4 is 17.5 Å². The Morgan fingerprint density at radius 2 is 1.96 bits per heavy atom. The molecule has 5 fully saturated rings. The van der Waals surface area contributed by atoms with E-state index >= 15 is 0 Å². The fourth-order valence-corrected chi connectivity index (χ4v) is 9.41. The molecule has 2 aliphatic heterocycles. The third kappa shape index (κ3) is 7.35. The van der Waals surface area contributed by atoms with Crippen LogP contribution in [0.25, 0.3) is 21.6 Å². The molecule has 12 nitrogen and oxygen atoms in total. The van der Waals surface area contributed by atoms with Gasteiger partial charge in [0.15, 0.2) is 0 Å². The van der Waals surface area contributed by atoms with Crippen LogP contribution in [-0.4, -0.2) is 98.0 Å². The molecule has 3 aliphatic carbocycles. The van der Waals surface area contributed by atoms with Gasteiger partial charge in [-0.3, -0.25) is 14.4 Å². The zero-order valence-corrected chi connectivity index (χ0v) is 31.5. The van der Waals surface area contributed by atoms with Gasteiger partial charge in [-0.1, -0.05) is 44.1 Å². The van der Waals surface area contributed by atoms with Crippen molar-refractivity contribution in [3.05, 3.63) is 63.5 Å². The highest BCUT2D eigenvalue weighted by Gasteiger charge is 2.57. The Labute approximate surface area is 302 Å². The van der Waals surface area contributed by atoms with Crippen molar-refractivity contribution in [3.63, 3.8) is 0 Å². The van der Waals surface area contributed by atoms with E-state index in [1.54, 1.807) is 12.0 Å². The Hall–Kier alpha value is -3.67. The van der Waals surface area contributed by atoms with E-state index in [9.17, 15) is 14.7 Å². The van der Waals surface area contributed by atoms with Crippen LogP contribution < -0.4 is 15.5 Å². The number of likely N-dealkylation sites (tertiary alicyclic amines) is 1. The molecule has 3 saturated carbocycles. The number of hydrogen-bond donors (Lipinski definition) is 3. The SMILES string of the molecule is Cc1c(CN2O[C@@H](CN=[N+]=[N-])[C@@H]([C@H](C)O)[C@H]2C(=O)N[C@H]2C[C@@H]3C[C@H]([C@@H]2C)C3(C)C)cccc1-c1cc(C(=O)N[C@@H]2CCN(C)C2)cc(N(C)C)c1. The monoisotopic (exact) mass is 700 g/mol. The second kappa shape index (κ2) is 14.8. The maximum absolute atomic E-state index is 14.3. The van der Waals surface area contributed by atoms with E-state index in [0.29, 0.717) is 23.3 Å². The summed E-state index contributed by atoms with van der Waals surface area (Å²) < 4.78 is 0. The first-order valence-corrected chi connectivity index (χ1v) is 18.5. The normalized spacial score (nSPS) is 30.6. The molecule has 0 spiro atoms.